The third-order valence-electron chi connectivity index (χ3n) is 24.4. The SMILES string of the molecule is Cc1ccc2c(oc3ccccc32)c1N1C=CN(C)C1C.[2H]C(C)(C)N1C=CN(c2c(C)ccc3c2oc2ccccc23)C1C.[2H]C(C)(C)N1c2ccccc2N(c2c(C)ccc3c2oc2ccccc23)C1C.[2H]C([2H])([2H])C([2H])(C)N1C=CN(c2c(C)ccc3c2oc2ccccc23)C1C.[2H]C([2H])([2H])N1c2ccccc2N(c2c(C)ccc3c2oc2ccccc23)C1C. The Hall–Kier alpha value is -13.1. The molecule has 12 aromatic carbocycles. The third kappa shape index (κ3) is 13.0. The molecule has 0 saturated carbocycles. The molecule has 0 fully saturated rings. The van der Waals surface area contributed by atoms with Crippen LogP contribution >= 0.6 is 0 Å². The predicted molar refractivity (Wildman–Crippen MR) is 499 cm³/mol. The van der Waals surface area contributed by atoms with Crippen molar-refractivity contribution < 1.29 is 34.4 Å². The number of nitrogens with zero attached hydrogens (tertiary/aromatic N) is 10. The summed E-state index contributed by atoms with van der Waals surface area (Å²) in [5, 5.41) is 11.1. The molecule has 5 aliphatic heterocycles. The monoisotopic (exact) mass is 1580 g/mol. The fourth-order valence-electron chi connectivity index (χ4n) is 18.3. The van der Waals surface area contributed by atoms with Crippen LogP contribution in [0, 0.1) is 34.6 Å². The molecule has 0 aliphatic carbocycles. The zero-order chi connectivity index (χ0) is 90.4. The zero-order valence-electron chi connectivity index (χ0n) is 79.3. The number of anilines is 9. The maximum Gasteiger partial charge on any atom is 0.159 e. The van der Waals surface area contributed by atoms with Crippen molar-refractivity contribution in [1.82, 2.24) is 14.7 Å². The van der Waals surface area contributed by atoms with Gasteiger partial charge in [0, 0.05) is 131 Å². The van der Waals surface area contributed by atoms with Gasteiger partial charge in [0.1, 0.15) is 58.7 Å². The van der Waals surface area contributed by atoms with E-state index in [0.29, 0.717) is 11.9 Å². The van der Waals surface area contributed by atoms with E-state index in [-0.39, 0.29) is 24.7 Å². The van der Waals surface area contributed by atoms with Crippen molar-refractivity contribution in [3.05, 3.63) is 296 Å². The Morgan fingerprint density at radius 1 is 0.286 bits per heavy atom. The van der Waals surface area contributed by atoms with Crippen molar-refractivity contribution in [2.45, 2.75) is 160 Å². The Morgan fingerprint density at radius 3 is 0.908 bits per heavy atom. The van der Waals surface area contributed by atoms with Crippen LogP contribution in [0.4, 0.5) is 51.2 Å². The van der Waals surface area contributed by atoms with Crippen LogP contribution in [0.5, 0.6) is 0 Å². The van der Waals surface area contributed by atoms with Gasteiger partial charge in [0.2, 0.25) is 0 Å². The molecule has 602 valence electrons. The van der Waals surface area contributed by atoms with E-state index in [4.69, 9.17) is 34.4 Å². The zero-order valence-corrected chi connectivity index (χ0v) is 70.3. The number of benzene rings is 12. The second kappa shape index (κ2) is 30.7. The number of aryl methyl sites for hydroxylation is 5. The fraction of sp³-hybridized carbons (Fsp3) is 0.250. The van der Waals surface area contributed by atoms with E-state index in [2.05, 4.69) is 206 Å². The molecule has 22 rings (SSSR count). The number of fused-ring (bicyclic) bond motifs is 17. The summed E-state index contributed by atoms with van der Waals surface area (Å²) in [5.41, 5.74) is 23.3. The summed E-state index contributed by atoms with van der Waals surface area (Å²) in [5.74, 6) is 0. The van der Waals surface area contributed by atoms with Crippen molar-refractivity contribution in [2.24, 2.45) is 0 Å². The molecule has 6 unspecified atom stereocenters. The van der Waals surface area contributed by atoms with Gasteiger partial charge in [-0.1, -0.05) is 176 Å². The third-order valence-corrected chi connectivity index (χ3v) is 24.4. The van der Waals surface area contributed by atoms with Crippen molar-refractivity contribution in [1.29, 1.82) is 0 Å². The minimum absolute atomic E-state index is 0.00223. The van der Waals surface area contributed by atoms with E-state index < -0.39 is 31.9 Å². The standard InChI is InChI=1S/C24H24N2O.C22H20N2O.2C20H22N2O.C18H18N2O/c1-15(2)25-17(4)26(21-11-7-6-10-20(21)25)23-16(3)13-14-19-18-9-5-8-12-22(18)27-24(19)23;1-14-12-13-17-16-8-4-7-11-20(16)25-22(17)21(14)24-15(2)23(3)18-9-5-6-10-19(18)24;2*1-13(2)21-11-12-22(15(21)4)19-14(3)9-10-17-16-7-5-6-8-18(16)23-20(17)19;1-12-8-9-15-14-6-4-5-7-16(14)21-18(15)17(12)20-11-10-19(3)13(20)2/h5-15,17H,1-4H3;4-13,15H,1-3H3;2*5-13,15H,1-4H3;4-11,13H,1-3H3/i15D;3D3;1D3,13D;13D;. The van der Waals surface area contributed by atoms with E-state index in [1.165, 1.54) is 33.7 Å². The molecule has 0 spiro atoms. The molecule has 10 heterocycles. The van der Waals surface area contributed by atoms with Crippen LogP contribution in [0.15, 0.2) is 290 Å². The minimum atomic E-state index is -2.43. The lowest BCUT2D eigenvalue weighted by molar-refractivity contribution is 0.263. The number of rotatable bonds is 8. The van der Waals surface area contributed by atoms with Gasteiger partial charge in [0.15, 0.2) is 27.9 Å². The van der Waals surface area contributed by atoms with Gasteiger partial charge in [-0.25, -0.2) is 0 Å². The van der Waals surface area contributed by atoms with E-state index in [1.54, 1.807) is 11.1 Å². The minimum Gasteiger partial charge on any atom is -0.454 e. The highest BCUT2D eigenvalue weighted by Gasteiger charge is 2.39. The summed E-state index contributed by atoms with van der Waals surface area (Å²) in [4.78, 5) is 20.4. The van der Waals surface area contributed by atoms with Gasteiger partial charge in [-0.2, -0.15) is 0 Å². The molecular weight excluding hydrogens is 1470 g/mol. The first kappa shape index (κ1) is 66.9. The summed E-state index contributed by atoms with van der Waals surface area (Å²) >= 11 is 0. The van der Waals surface area contributed by atoms with Gasteiger partial charge in [0.25, 0.3) is 0 Å². The first-order valence-electron chi connectivity index (χ1n) is 45.5. The maximum atomic E-state index is 8.72. The summed E-state index contributed by atoms with van der Waals surface area (Å²) in [7, 11) is 2.09. The maximum absolute atomic E-state index is 8.72. The lowest BCUT2D eigenvalue weighted by Crippen LogP contribution is -2.42. The average Bonchev–Trinajstić information content (AvgIpc) is 1.57. The van der Waals surface area contributed by atoms with Crippen molar-refractivity contribution >= 4 is 161 Å². The van der Waals surface area contributed by atoms with Crippen molar-refractivity contribution in [3.63, 3.8) is 0 Å². The second-order valence-electron chi connectivity index (χ2n) is 32.2. The van der Waals surface area contributed by atoms with Crippen molar-refractivity contribution in [2.75, 3.05) is 48.3 Å². The summed E-state index contributed by atoms with van der Waals surface area (Å²) < 4.78 is 104. The van der Waals surface area contributed by atoms with Crippen LogP contribution in [-0.2, 0) is 0 Å². The quantitative estimate of drug-likeness (QED) is 0.144. The number of para-hydroxylation sites is 9. The molecule has 0 saturated heterocycles. The highest BCUT2D eigenvalue weighted by molar-refractivity contribution is 6.15. The van der Waals surface area contributed by atoms with Gasteiger partial charge >= 0.3 is 0 Å². The molecule has 15 heteroatoms. The molecule has 17 aromatic rings. The normalized spacial score (nSPS) is 19.5. The first-order chi connectivity index (χ1) is 60.9. The Labute approximate surface area is 709 Å². The number of hydrogen-bond donors (Lipinski definition) is 0. The summed E-state index contributed by atoms with van der Waals surface area (Å²) in [6, 6.07) is 74.5. The van der Waals surface area contributed by atoms with Gasteiger partial charge in [-0.15, -0.1) is 0 Å². The van der Waals surface area contributed by atoms with Crippen LogP contribution in [0.25, 0.3) is 110 Å². The smallest absolute Gasteiger partial charge is 0.159 e. The summed E-state index contributed by atoms with van der Waals surface area (Å²) in [6.07, 6.45) is 11.5. The summed E-state index contributed by atoms with van der Waals surface area (Å²) in [6.45, 7) is 25.2. The fourth-order valence-corrected chi connectivity index (χ4v) is 18.3. The first-order valence-corrected chi connectivity index (χ1v) is 41.0. The van der Waals surface area contributed by atoms with E-state index in [0.717, 1.165) is 161 Å². The number of hydrogen-bond acceptors (Lipinski definition) is 15. The van der Waals surface area contributed by atoms with Gasteiger partial charge in [-0.3, -0.25) is 0 Å². The Morgan fingerprint density at radius 2 is 0.580 bits per heavy atom. The molecule has 5 aromatic heterocycles. The molecule has 5 aliphatic rings. The number of furan rings is 5. The topological polar surface area (TPSA) is 98.1 Å². The molecule has 0 N–H and O–H groups in total. The highest BCUT2D eigenvalue weighted by Crippen LogP contribution is 2.52. The lowest BCUT2D eigenvalue weighted by Gasteiger charge is -2.33. The molecule has 6 atom stereocenters. The molecule has 0 radical (unpaired) electrons. The van der Waals surface area contributed by atoms with Gasteiger partial charge < -0.3 is 71.1 Å². The Bertz CT molecular complexity index is 7070. The van der Waals surface area contributed by atoms with Crippen LogP contribution in [0.2, 0.25) is 0 Å². The van der Waals surface area contributed by atoms with Crippen molar-refractivity contribution in [3.8, 4) is 0 Å². The average molecular weight is 1590 g/mol. The van der Waals surface area contributed by atoms with Crippen LogP contribution in [0.1, 0.15) is 116 Å². The van der Waals surface area contributed by atoms with Crippen LogP contribution in [0.3, 0.4) is 0 Å². The molecule has 15 nitrogen and oxygen atoms in total. The largest absolute Gasteiger partial charge is 0.454 e. The molecule has 119 heavy (non-hydrogen) atoms. The highest BCUT2D eigenvalue weighted by atomic mass is 16.3. The van der Waals surface area contributed by atoms with E-state index in [9.17, 15) is 0 Å². The Balaban J connectivity index is 0.000000108. The second-order valence-corrected chi connectivity index (χ2v) is 32.2. The van der Waals surface area contributed by atoms with E-state index in [1.807, 2.05) is 199 Å². The van der Waals surface area contributed by atoms with E-state index >= 15 is 0 Å². The molecular formula is C104H106N10O5. The van der Waals surface area contributed by atoms with Gasteiger partial charge in [0.05, 0.1) is 55.3 Å². The predicted octanol–water partition coefficient (Wildman–Crippen LogP) is 27.4. The lowest BCUT2D eigenvalue weighted by atomic mass is 10.1. The van der Waals surface area contributed by atoms with Gasteiger partial charge in [-0.05, 0) is 193 Å². The molecule has 0 bridgehead atoms. The van der Waals surface area contributed by atoms with Crippen LogP contribution < -0.4 is 34.3 Å². The Kier molecular flexibility index (Phi) is 17.3. The van der Waals surface area contributed by atoms with Crippen LogP contribution in [-0.4, -0.2) is 77.6 Å². The molecule has 0 amide bonds.